The van der Waals surface area contributed by atoms with Crippen molar-refractivity contribution in [2.24, 2.45) is 0 Å². The zero-order valence-electron chi connectivity index (χ0n) is 17.3. The minimum Gasteiger partial charge on any atom is -0.496 e. The van der Waals surface area contributed by atoms with Gasteiger partial charge in [0.05, 0.1) is 12.6 Å². The van der Waals surface area contributed by atoms with Gasteiger partial charge in [-0.3, -0.25) is 14.3 Å². The van der Waals surface area contributed by atoms with Gasteiger partial charge in [0, 0.05) is 31.2 Å². The number of benzene rings is 2. The lowest BCUT2D eigenvalue weighted by Gasteiger charge is -2.33. The first kappa shape index (κ1) is 20.2. The van der Waals surface area contributed by atoms with E-state index in [9.17, 15) is 9.59 Å². The van der Waals surface area contributed by atoms with Crippen molar-refractivity contribution in [2.45, 2.75) is 38.4 Å². The van der Waals surface area contributed by atoms with Crippen molar-refractivity contribution >= 4 is 17.0 Å². The van der Waals surface area contributed by atoms with Crippen LogP contribution < -0.4 is 15.8 Å². The second-order valence-corrected chi connectivity index (χ2v) is 7.75. The first-order valence-corrected chi connectivity index (χ1v) is 10.3. The highest BCUT2D eigenvalue weighted by Crippen LogP contribution is 2.22. The molecule has 1 amide bonds. The number of ether oxygens (including phenoxy) is 1. The van der Waals surface area contributed by atoms with Crippen LogP contribution in [0.2, 0.25) is 0 Å². The molecule has 0 bridgehead atoms. The van der Waals surface area contributed by atoms with Crippen LogP contribution in [0, 0.1) is 0 Å². The summed E-state index contributed by atoms with van der Waals surface area (Å²) in [4.78, 5) is 27.4. The summed E-state index contributed by atoms with van der Waals surface area (Å²) in [5.74, 6) is 0.233. The highest BCUT2D eigenvalue weighted by Gasteiger charge is 2.26. The molecule has 1 aliphatic rings. The first-order chi connectivity index (χ1) is 14.6. The van der Waals surface area contributed by atoms with Gasteiger partial charge in [-0.15, -0.1) is 0 Å². The third kappa shape index (κ3) is 4.11. The minimum absolute atomic E-state index is 0.0998. The molecule has 1 aromatic heterocycles. The molecule has 1 atom stereocenters. The van der Waals surface area contributed by atoms with Gasteiger partial charge in [0.2, 0.25) is 5.91 Å². The molecule has 3 aromatic rings. The van der Waals surface area contributed by atoms with E-state index in [4.69, 9.17) is 9.15 Å². The third-order valence-corrected chi connectivity index (χ3v) is 5.81. The van der Waals surface area contributed by atoms with E-state index >= 15 is 0 Å². The third-order valence-electron chi connectivity index (χ3n) is 5.81. The summed E-state index contributed by atoms with van der Waals surface area (Å²) in [6.45, 7) is 4.35. The van der Waals surface area contributed by atoms with Crippen LogP contribution in [-0.4, -0.2) is 41.6 Å². The number of rotatable bonds is 6. The molecule has 7 nitrogen and oxygen atoms in total. The number of hydrogen-bond acceptors (Lipinski definition) is 5. The molecular formula is C23H27N3O4. The van der Waals surface area contributed by atoms with E-state index < -0.39 is 11.8 Å². The number of piperidine rings is 1. The Morgan fingerprint density at radius 3 is 2.63 bits per heavy atom. The normalized spacial score (nSPS) is 16.5. The predicted octanol–water partition coefficient (Wildman–Crippen LogP) is 2.94. The molecule has 2 aromatic carbocycles. The Labute approximate surface area is 175 Å². The summed E-state index contributed by atoms with van der Waals surface area (Å²) in [5, 5.41) is 3.11. The molecule has 158 valence electrons. The number of fused-ring (bicyclic) bond motifs is 1. The van der Waals surface area contributed by atoms with Crippen molar-refractivity contribution in [2.75, 3.05) is 20.2 Å². The van der Waals surface area contributed by atoms with Crippen molar-refractivity contribution in [1.82, 2.24) is 14.8 Å². The van der Waals surface area contributed by atoms with Crippen molar-refractivity contribution < 1.29 is 13.9 Å². The molecule has 1 fully saturated rings. The predicted molar refractivity (Wildman–Crippen MR) is 115 cm³/mol. The minimum atomic E-state index is -0.632. The quantitative estimate of drug-likeness (QED) is 0.677. The molecule has 4 rings (SSSR count). The van der Waals surface area contributed by atoms with Gasteiger partial charge in [-0.2, -0.15) is 0 Å². The second-order valence-electron chi connectivity index (χ2n) is 7.75. The zero-order valence-corrected chi connectivity index (χ0v) is 17.3. The number of nitrogens with one attached hydrogen (secondary N) is 1. The van der Waals surface area contributed by atoms with E-state index in [0.717, 1.165) is 38.2 Å². The summed E-state index contributed by atoms with van der Waals surface area (Å²) in [6.07, 6.45) is 1.74. The Bertz CT molecular complexity index is 1080. The average molecular weight is 409 g/mol. The van der Waals surface area contributed by atoms with Gasteiger partial charge < -0.3 is 14.5 Å². The summed E-state index contributed by atoms with van der Waals surface area (Å²) in [7, 11) is 1.69. The molecule has 1 unspecified atom stereocenters. The number of likely N-dealkylation sites (tertiary alicyclic amines) is 1. The van der Waals surface area contributed by atoms with Gasteiger partial charge in [-0.05, 0) is 38.0 Å². The molecule has 1 aliphatic heterocycles. The fraction of sp³-hybridized carbons (Fsp3) is 0.391. The molecule has 0 radical (unpaired) electrons. The lowest BCUT2D eigenvalue weighted by atomic mass is 10.0. The number of aromatic nitrogens is 1. The number of methoxy groups -OCH3 is 1. The van der Waals surface area contributed by atoms with Crippen LogP contribution in [0.5, 0.6) is 5.75 Å². The van der Waals surface area contributed by atoms with Gasteiger partial charge in [0.1, 0.15) is 11.8 Å². The molecule has 1 N–H and O–H groups in total. The fourth-order valence-electron chi connectivity index (χ4n) is 4.10. The number of para-hydroxylation sites is 3. The van der Waals surface area contributed by atoms with Crippen molar-refractivity contribution in [1.29, 1.82) is 0 Å². The molecule has 0 saturated carbocycles. The van der Waals surface area contributed by atoms with Crippen LogP contribution in [0.15, 0.2) is 57.7 Å². The Balaban J connectivity index is 1.35. The first-order valence-electron chi connectivity index (χ1n) is 10.3. The number of carbonyl (C=O) groups is 1. The monoisotopic (exact) mass is 409 g/mol. The topological polar surface area (TPSA) is 76.7 Å². The van der Waals surface area contributed by atoms with Crippen molar-refractivity contribution in [3.63, 3.8) is 0 Å². The van der Waals surface area contributed by atoms with E-state index in [1.807, 2.05) is 24.3 Å². The molecule has 7 heteroatoms. The van der Waals surface area contributed by atoms with Crippen molar-refractivity contribution in [3.05, 3.63) is 64.6 Å². The van der Waals surface area contributed by atoms with Gasteiger partial charge in [0.25, 0.3) is 0 Å². The molecular weight excluding hydrogens is 382 g/mol. The molecule has 2 heterocycles. The number of nitrogens with zero attached hydrogens (tertiary/aromatic N) is 2. The van der Waals surface area contributed by atoms with E-state index in [-0.39, 0.29) is 11.9 Å². The smallest absolute Gasteiger partial charge is 0.420 e. The maximum absolute atomic E-state index is 12.8. The van der Waals surface area contributed by atoms with E-state index in [1.165, 1.54) is 10.1 Å². The lowest BCUT2D eigenvalue weighted by molar-refractivity contribution is -0.125. The summed E-state index contributed by atoms with van der Waals surface area (Å²) in [6, 6.07) is 14.7. The van der Waals surface area contributed by atoms with E-state index in [1.54, 1.807) is 32.2 Å². The van der Waals surface area contributed by atoms with Gasteiger partial charge in [0.15, 0.2) is 5.58 Å². The second kappa shape index (κ2) is 8.75. The SMILES string of the molecule is COc1ccccc1CN1CCC(NC(=O)C(C)n2c(=O)oc3ccccc32)CC1. The fourth-order valence-corrected chi connectivity index (χ4v) is 4.10. The Morgan fingerprint density at radius 1 is 1.17 bits per heavy atom. The van der Waals surface area contributed by atoms with Crippen LogP contribution >= 0.6 is 0 Å². The molecule has 1 saturated heterocycles. The molecule has 0 aliphatic carbocycles. The van der Waals surface area contributed by atoms with Crippen LogP contribution in [0.25, 0.3) is 11.1 Å². The maximum Gasteiger partial charge on any atom is 0.420 e. The standard InChI is InChI=1S/C23H27N3O4/c1-16(26-19-8-4-6-10-21(19)30-23(26)28)22(27)24-18-11-13-25(14-12-18)15-17-7-3-5-9-20(17)29-2/h3-10,16,18H,11-15H2,1-2H3,(H,24,27). The van der Waals surface area contributed by atoms with Crippen LogP contribution in [0.3, 0.4) is 0 Å². The average Bonchev–Trinajstić information content (AvgIpc) is 3.10. The van der Waals surface area contributed by atoms with Gasteiger partial charge >= 0.3 is 5.76 Å². The zero-order chi connectivity index (χ0) is 21.1. The Kier molecular flexibility index (Phi) is 5.90. The van der Waals surface area contributed by atoms with Crippen LogP contribution in [-0.2, 0) is 11.3 Å². The van der Waals surface area contributed by atoms with Crippen molar-refractivity contribution in [3.8, 4) is 5.75 Å². The summed E-state index contributed by atoms with van der Waals surface area (Å²) < 4.78 is 12.1. The highest BCUT2D eigenvalue weighted by atomic mass is 16.5. The van der Waals surface area contributed by atoms with E-state index in [2.05, 4.69) is 16.3 Å². The Hall–Kier alpha value is -3.06. The summed E-state index contributed by atoms with van der Waals surface area (Å²) >= 11 is 0. The molecule has 30 heavy (non-hydrogen) atoms. The largest absolute Gasteiger partial charge is 0.496 e. The van der Waals surface area contributed by atoms with Gasteiger partial charge in [-0.25, -0.2) is 4.79 Å². The highest BCUT2D eigenvalue weighted by molar-refractivity contribution is 5.83. The lowest BCUT2D eigenvalue weighted by Crippen LogP contribution is -2.46. The Morgan fingerprint density at radius 2 is 1.87 bits per heavy atom. The number of oxazole rings is 1. The number of hydrogen-bond donors (Lipinski definition) is 1. The summed E-state index contributed by atoms with van der Waals surface area (Å²) in [5.41, 5.74) is 2.30. The number of carbonyl (C=O) groups excluding carboxylic acids is 1. The maximum atomic E-state index is 12.8. The van der Waals surface area contributed by atoms with E-state index in [0.29, 0.717) is 11.1 Å². The van der Waals surface area contributed by atoms with Crippen LogP contribution in [0.4, 0.5) is 0 Å². The number of amides is 1. The van der Waals surface area contributed by atoms with Crippen LogP contribution in [0.1, 0.15) is 31.4 Å². The van der Waals surface area contributed by atoms with Gasteiger partial charge in [-0.1, -0.05) is 30.3 Å². The molecule has 0 spiro atoms.